The van der Waals surface area contributed by atoms with E-state index in [1.165, 1.54) is 68.7 Å². The Morgan fingerprint density at radius 3 is 1.65 bits per heavy atom. The highest BCUT2D eigenvalue weighted by Crippen LogP contribution is 2.29. The van der Waals surface area contributed by atoms with Crippen LogP contribution in [0.25, 0.3) is 11.5 Å². The Labute approximate surface area is 317 Å². The third-order valence-electron chi connectivity index (χ3n) is 7.43. The van der Waals surface area contributed by atoms with Gasteiger partial charge in [0.1, 0.15) is 11.6 Å². The van der Waals surface area contributed by atoms with Crippen LogP contribution in [0.1, 0.15) is 47.9 Å². The van der Waals surface area contributed by atoms with E-state index in [4.69, 9.17) is 33.4 Å². The SMILES string of the molecule is CCS(=O)(=O)N(Cc1ccc(-c2nnc(C(F)F)o2)cn1)c1ccc(F)c(Cl)c1.CCS(=O)(=O)N(Cc1ccc(C(=O)CN)cn1)c1ccc(F)c(Cl)c1. The number of pyridine rings is 2. The first-order valence-corrected chi connectivity index (χ1v) is 19.6. The summed E-state index contributed by atoms with van der Waals surface area (Å²) in [7, 11) is -7.37. The van der Waals surface area contributed by atoms with Gasteiger partial charge in [-0.25, -0.2) is 25.6 Å². The van der Waals surface area contributed by atoms with Gasteiger partial charge in [0.15, 0.2) is 5.78 Å². The second kappa shape index (κ2) is 18.1. The second-order valence-electron chi connectivity index (χ2n) is 11.0. The fourth-order valence-corrected chi connectivity index (χ4v) is 6.97. The topological polar surface area (TPSA) is 183 Å². The predicted molar refractivity (Wildman–Crippen MR) is 194 cm³/mol. The first kappa shape index (κ1) is 42.1. The number of nitrogens with zero attached hydrogens (tertiary/aromatic N) is 6. The number of carbonyl (C=O) groups excluding carboxylic acids is 1. The van der Waals surface area contributed by atoms with Crippen molar-refractivity contribution in [3.63, 3.8) is 0 Å². The molecule has 5 rings (SSSR count). The molecule has 2 N–H and O–H groups in total. The third-order valence-corrected chi connectivity index (χ3v) is 11.5. The van der Waals surface area contributed by atoms with E-state index in [0.29, 0.717) is 22.5 Å². The van der Waals surface area contributed by atoms with Gasteiger partial charge in [0.25, 0.3) is 5.89 Å². The van der Waals surface area contributed by atoms with Crippen molar-refractivity contribution in [1.29, 1.82) is 0 Å². The molecule has 54 heavy (non-hydrogen) atoms. The Bertz CT molecular complexity index is 2300. The minimum atomic E-state index is -3.72. The van der Waals surface area contributed by atoms with E-state index < -0.39 is 44.0 Å². The number of nitrogens with two attached hydrogens (primary N) is 1. The smallest absolute Gasteiger partial charge is 0.314 e. The minimum absolute atomic E-state index is 0.0742. The fraction of sp³-hybridized carbons (Fsp3) is 0.242. The summed E-state index contributed by atoms with van der Waals surface area (Å²) in [5.41, 5.74) is 7.12. The number of benzene rings is 2. The number of alkyl halides is 2. The molecule has 0 unspecified atom stereocenters. The number of aromatic nitrogens is 4. The molecule has 0 aliphatic heterocycles. The molecule has 0 saturated carbocycles. The van der Waals surface area contributed by atoms with Crippen LogP contribution < -0.4 is 14.3 Å². The molecule has 5 aromatic rings. The summed E-state index contributed by atoms with van der Waals surface area (Å²) in [4.78, 5) is 19.8. The maximum absolute atomic E-state index is 13.4. The largest absolute Gasteiger partial charge is 0.415 e. The molecule has 0 aliphatic carbocycles. The highest BCUT2D eigenvalue weighted by atomic mass is 35.5. The quantitative estimate of drug-likeness (QED) is 0.0942. The van der Waals surface area contributed by atoms with Crippen molar-refractivity contribution in [3.8, 4) is 11.5 Å². The monoisotopic (exact) mass is 831 g/mol. The average Bonchev–Trinajstić information content (AvgIpc) is 3.67. The van der Waals surface area contributed by atoms with Crippen molar-refractivity contribution in [2.45, 2.75) is 33.4 Å². The van der Waals surface area contributed by atoms with Crippen molar-refractivity contribution in [2.24, 2.45) is 5.73 Å². The molecule has 21 heteroatoms. The van der Waals surface area contributed by atoms with E-state index in [1.807, 2.05) is 0 Å². The normalized spacial score (nSPS) is 11.6. The number of hydrogen-bond donors (Lipinski definition) is 1. The lowest BCUT2D eigenvalue weighted by Crippen LogP contribution is -2.32. The van der Waals surface area contributed by atoms with E-state index >= 15 is 0 Å². The minimum Gasteiger partial charge on any atom is -0.415 e. The first-order chi connectivity index (χ1) is 25.5. The highest BCUT2D eigenvalue weighted by molar-refractivity contribution is 7.93. The molecule has 0 aliphatic rings. The summed E-state index contributed by atoms with van der Waals surface area (Å²) < 4.78 is 109. The number of rotatable bonds is 14. The van der Waals surface area contributed by atoms with E-state index in [0.717, 1.165) is 20.7 Å². The molecular weight excluding hydrogens is 801 g/mol. The maximum atomic E-state index is 13.4. The zero-order valence-electron chi connectivity index (χ0n) is 28.3. The van der Waals surface area contributed by atoms with E-state index in [-0.39, 0.29) is 64.2 Å². The standard InChI is InChI=1S/C17H14ClF3N4O3S.C16H17ClFN3O3S/c1-2-29(26,27)25(12-5-6-14(19)13(18)7-12)9-11-4-3-10(8-22-11)16-23-24-17(28-16)15(20)21;1-2-25(23,24)21(13-5-6-15(18)14(17)7-13)10-12-4-3-11(9-20-12)16(22)8-19/h3-8,15H,2,9H2,1H3;3-7,9H,2,8,10,19H2,1H3. The lowest BCUT2D eigenvalue weighted by Gasteiger charge is -2.24. The lowest BCUT2D eigenvalue weighted by atomic mass is 10.2. The zero-order chi connectivity index (χ0) is 39.8. The van der Waals surface area contributed by atoms with Gasteiger partial charge in [-0.2, -0.15) is 8.78 Å². The van der Waals surface area contributed by atoms with Crippen LogP contribution in [0, 0.1) is 11.6 Å². The summed E-state index contributed by atoms with van der Waals surface area (Å²) in [6.07, 6.45) is -0.246. The number of ketones is 1. The molecule has 0 bridgehead atoms. The molecule has 3 aromatic heterocycles. The average molecular weight is 833 g/mol. The molecule has 0 fully saturated rings. The Morgan fingerprint density at radius 2 is 1.28 bits per heavy atom. The molecule has 0 spiro atoms. The van der Waals surface area contributed by atoms with E-state index in [1.54, 1.807) is 6.07 Å². The second-order valence-corrected chi connectivity index (χ2v) is 16.1. The van der Waals surface area contributed by atoms with Crippen LogP contribution in [0.5, 0.6) is 0 Å². The molecule has 2 aromatic carbocycles. The van der Waals surface area contributed by atoms with E-state index in [9.17, 15) is 39.2 Å². The number of halogens is 6. The fourth-order valence-electron chi connectivity index (χ4n) is 4.47. The zero-order valence-corrected chi connectivity index (χ0v) is 31.5. The van der Waals surface area contributed by atoms with Crippen LogP contribution in [-0.2, 0) is 33.1 Å². The number of Topliss-reactive ketones (excluding diaryl/α,β-unsaturated/α-hetero) is 1. The van der Waals surface area contributed by atoms with Crippen molar-refractivity contribution in [1.82, 2.24) is 20.2 Å². The van der Waals surface area contributed by atoms with Crippen molar-refractivity contribution in [3.05, 3.63) is 118 Å². The number of carbonyl (C=O) groups is 1. The Kier molecular flexibility index (Phi) is 14.1. The van der Waals surface area contributed by atoms with Gasteiger partial charge in [0, 0.05) is 18.0 Å². The van der Waals surface area contributed by atoms with Crippen LogP contribution in [0.3, 0.4) is 0 Å². The summed E-state index contributed by atoms with van der Waals surface area (Å²) >= 11 is 11.5. The van der Waals surface area contributed by atoms with Gasteiger partial charge in [-0.1, -0.05) is 23.2 Å². The third kappa shape index (κ3) is 10.5. The molecule has 13 nitrogen and oxygen atoms in total. The molecular formula is C33H31Cl2F4N7O6S2. The highest BCUT2D eigenvalue weighted by Gasteiger charge is 2.24. The summed E-state index contributed by atoms with van der Waals surface area (Å²) in [6.45, 7) is 2.62. The number of hydrogen-bond acceptors (Lipinski definition) is 11. The molecule has 3 heterocycles. The van der Waals surface area contributed by atoms with Gasteiger partial charge >= 0.3 is 6.43 Å². The maximum Gasteiger partial charge on any atom is 0.314 e. The van der Waals surface area contributed by atoms with Crippen LogP contribution >= 0.6 is 23.2 Å². The van der Waals surface area contributed by atoms with Gasteiger partial charge < -0.3 is 10.2 Å². The lowest BCUT2D eigenvalue weighted by molar-refractivity contribution is 0.100. The molecule has 288 valence electrons. The molecule has 0 atom stereocenters. The van der Waals surface area contributed by atoms with Crippen molar-refractivity contribution in [2.75, 3.05) is 26.7 Å². The van der Waals surface area contributed by atoms with Crippen LogP contribution in [-0.4, -0.2) is 60.8 Å². The van der Waals surface area contributed by atoms with Gasteiger partial charge in [0.2, 0.25) is 25.9 Å². The molecule has 0 saturated heterocycles. The summed E-state index contributed by atoms with van der Waals surface area (Å²) in [6, 6.07) is 13.3. The number of sulfonamides is 2. The van der Waals surface area contributed by atoms with Gasteiger partial charge in [0.05, 0.1) is 69.5 Å². The van der Waals surface area contributed by atoms with E-state index in [2.05, 4.69) is 20.2 Å². The van der Waals surface area contributed by atoms with Crippen LogP contribution in [0.15, 0.2) is 77.5 Å². The van der Waals surface area contributed by atoms with Gasteiger partial charge in [-0.3, -0.25) is 23.4 Å². The Morgan fingerprint density at radius 1 is 0.778 bits per heavy atom. The molecule has 0 amide bonds. The van der Waals surface area contributed by atoms with Gasteiger partial charge in [-0.15, -0.1) is 10.2 Å². The summed E-state index contributed by atoms with van der Waals surface area (Å²) in [5, 5.41) is 6.37. The van der Waals surface area contributed by atoms with Crippen LogP contribution in [0.4, 0.5) is 28.9 Å². The first-order valence-electron chi connectivity index (χ1n) is 15.7. The number of anilines is 2. The van der Waals surface area contributed by atoms with Crippen LogP contribution in [0.2, 0.25) is 10.0 Å². The Hall–Kier alpha value is -4.69. The van der Waals surface area contributed by atoms with Crippen molar-refractivity contribution >= 4 is 60.4 Å². The predicted octanol–water partition coefficient (Wildman–Crippen LogP) is 6.59. The molecule has 0 radical (unpaired) electrons. The summed E-state index contributed by atoms with van der Waals surface area (Å²) in [5.74, 6) is -2.86. The Balaban J connectivity index is 0.000000244. The van der Waals surface area contributed by atoms with Crippen molar-refractivity contribution < 1.29 is 43.6 Å². The van der Waals surface area contributed by atoms with Gasteiger partial charge in [-0.05, 0) is 74.5 Å².